The lowest BCUT2D eigenvalue weighted by atomic mass is 10.1. The highest BCUT2D eigenvalue weighted by Crippen LogP contribution is 2.26. The van der Waals surface area contributed by atoms with Crippen molar-refractivity contribution in [2.24, 2.45) is 0 Å². The van der Waals surface area contributed by atoms with Crippen molar-refractivity contribution in [1.29, 1.82) is 0 Å². The van der Waals surface area contributed by atoms with Gasteiger partial charge in [-0.2, -0.15) is 0 Å². The second kappa shape index (κ2) is 7.45. The van der Waals surface area contributed by atoms with Crippen molar-refractivity contribution in [3.8, 4) is 17.2 Å². The van der Waals surface area contributed by atoms with Gasteiger partial charge in [-0.15, -0.1) is 10.2 Å². The molecule has 1 aromatic heterocycles. The Bertz CT molecular complexity index is 1080. The molecule has 0 aliphatic heterocycles. The molecule has 0 spiro atoms. The second-order valence-corrected chi connectivity index (χ2v) is 7.63. The lowest BCUT2D eigenvalue weighted by Gasteiger charge is -2.12. The summed E-state index contributed by atoms with van der Waals surface area (Å²) in [6, 6.07) is 9.15. The molecule has 1 heterocycles. The highest BCUT2D eigenvalue weighted by atomic mass is 32.2. The van der Waals surface area contributed by atoms with Gasteiger partial charge in [-0.25, -0.2) is 17.5 Å². The van der Waals surface area contributed by atoms with Crippen molar-refractivity contribution in [3.05, 3.63) is 59.2 Å². The van der Waals surface area contributed by atoms with Crippen LogP contribution in [0, 0.1) is 19.7 Å². The molecule has 0 atom stereocenters. The zero-order valence-electron chi connectivity index (χ0n) is 15.0. The predicted octanol–water partition coefficient (Wildman–Crippen LogP) is 2.98. The normalized spacial score (nSPS) is 11.6. The Morgan fingerprint density at radius 3 is 2.59 bits per heavy atom. The minimum absolute atomic E-state index is 0.0150. The van der Waals surface area contributed by atoms with Crippen LogP contribution >= 0.6 is 0 Å². The van der Waals surface area contributed by atoms with Gasteiger partial charge in [0.2, 0.25) is 15.9 Å². The van der Waals surface area contributed by atoms with Crippen LogP contribution in [0.5, 0.6) is 5.75 Å². The summed E-state index contributed by atoms with van der Waals surface area (Å²) in [5, 5.41) is 7.53. The van der Waals surface area contributed by atoms with Gasteiger partial charge < -0.3 is 9.15 Å². The molecule has 0 bridgehead atoms. The first-order valence-electron chi connectivity index (χ1n) is 8.04. The van der Waals surface area contributed by atoms with Crippen LogP contribution in [0.3, 0.4) is 0 Å². The van der Waals surface area contributed by atoms with E-state index in [2.05, 4.69) is 14.9 Å². The SMILES string of the molecule is COc1cc(C)c(S(=O)(=O)NCc2nnc(-c3ccccc3F)o2)cc1C. The van der Waals surface area contributed by atoms with Crippen LogP contribution in [0.25, 0.3) is 11.5 Å². The molecule has 0 fully saturated rings. The Morgan fingerprint density at radius 1 is 1.15 bits per heavy atom. The zero-order chi connectivity index (χ0) is 19.6. The minimum atomic E-state index is -3.81. The van der Waals surface area contributed by atoms with Gasteiger partial charge >= 0.3 is 0 Å². The van der Waals surface area contributed by atoms with Gasteiger partial charge in [0.25, 0.3) is 5.89 Å². The van der Waals surface area contributed by atoms with E-state index in [-0.39, 0.29) is 28.8 Å². The summed E-state index contributed by atoms with van der Waals surface area (Å²) >= 11 is 0. The molecule has 0 aliphatic rings. The number of benzene rings is 2. The summed E-state index contributed by atoms with van der Waals surface area (Å²) in [5.41, 5.74) is 1.39. The van der Waals surface area contributed by atoms with Crippen molar-refractivity contribution in [1.82, 2.24) is 14.9 Å². The fourth-order valence-corrected chi connectivity index (χ4v) is 3.86. The summed E-state index contributed by atoms with van der Waals surface area (Å²) in [4.78, 5) is 0.134. The molecular weight excluding hydrogens is 373 g/mol. The molecule has 1 N–H and O–H groups in total. The largest absolute Gasteiger partial charge is 0.496 e. The molecule has 3 rings (SSSR count). The summed E-state index contributed by atoms with van der Waals surface area (Å²) in [5.74, 6) is 0.119. The van der Waals surface area contributed by atoms with E-state index in [1.807, 2.05) is 0 Å². The number of aryl methyl sites for hydroxylation is 2. The number of aromatic nitrogens is 2. The molecule has 0 unspecified atom stereocenters. The monoisotopic (exact) mass is 391 g/mol. The molecular formula is C18H18FN3O4S. The van der Waals surface area contributed by atoms with Crippen LogP contribution in [0.4, 0.5) is 4.39 Å². The minimum Gasteiger partial charge on any atom is -0.496 e. The number of ether oxygens (including phenoxy) is 1. The number of rotatable bonds is 6. The molecule has 0 saturated heterocycles. The first-order valence-corrected chi connectivity index (χ1v) is 9.52. The van der Waals surface area contributed by atoms with Gasteiger partial charge in [-0.3, -0.25) is 0 Å². The fraction of sp³-hybridized carbons (Fsp3) is 0.222. The van der Waals surface area contributed by atoms with Crippen molar-refractivity contribution < 1.29 is 22.0 Å². The van der Waals surface area contributed by atoms with E-state index in [0.717, 1.165) is 0 Å². The molecule has 0 aliphatic carbocycles. The lowest BCUT2D eigenvalue weighted by Crippen LogP contribution is -2.24. The zero-order valence-corrected chi connectivity index (χ0v) is 15.8. The molecule has 7 nitrogen and oxygen atoms in total. The maximum atomic E-state index is 13.8. The van der Waals surface area contributed by atoms with Crippen molar-refractivity contribution in [3.63, 3.8) is 0 Å². The van der Waals surface area contributed by atoms with Gasteiger partial charge in [-0.05, 0) is 49.2 Å². The number of hydrogen-bond acceptors (Lipinski definition) is 6. The summed E-state index contributed by atoms with van der Waals surface area (Å²) < 4.78 is 52.0. The van der Waals surface area contributed by atoms with Crippen molar-refractivity contribution in [2.75, 3.05) is 7.11 Å². The van der Waals surface area contributed by atoms with E-state index in [1.54, 1.807) is 32.0 Å². The smallest absolute Gasteiger partial charge is 0.250 e. The molecule has 27 heavy (non-hydrogen) atoms. The Kier molecular flexibility index (Phi) is 5.24. The number of methoxy groups -OCH3 is 1. The summed E-state index contributed by atoms with van der Waals surface area (Å²) in [6.07, 6.45) is 0. The highest BCUT2D eigenvalue weighted by molar-refractivity contribution is 7.89. The Morgan fingerprint density at radius 2 is 1.89 bits per heavy atom. The van der Waals surface area contributed by atoms with Crippen LogP contribution < -0.4 is 9.46 Å². The molecule has 142 valence electrons. The van der Waals surface area contributed by atoms with Gasteiger partial charge in [0.15, 0.2) is 0 Å². The lowest BCUT2D eigenvalue weighted by molar-refractivity contribution is 0.411. The standard InChI is InChI=1S/C18H18FN3O4S/c1-11-9-16(12(2)8-15(11)25-3)27(23,24)20-10-17-21-22-18(26-17)13-6-4-5-7-14(13)19/h4-9,20H,10H2,1-3H3. The third kappa shape index (κ3) is 3.99. The predicted molar refractivity (Wildman–Crippen MR) is 96.2 cm³/mol. The Labute approximate surface area is 156 Å². The van der Waals surface area contributed by atoms with Gasteiger partial charge in [0.05, 0.1) is 24.1 Å². The molecule has 2 aromatic carbocycles. The van der Waals surface area contributed by atoms with E-state index in [0.29, 0.717) is 16.9 Å². The maximum Gasteiger partial charge on any atom is 0.250 e. The molecule has 0 saturated carbocycles. The van der Waals surface area contributed by atoms with Crippen LogP contribution in [0.2, 0.25) is 0 Å². The van der Waals surface area contributed by atoms with Crippen molar-refractivity contribution >= 4 is 10.0 Å². The number of hydrogen-bond donors (Lipinski definition) is 1. The molecule has 3 aromatic rings. The molecule has 0 radical (unpaired) electrons. The van der Waals surface area contributed by atoms with Crippen LogP contribution in [0.15, 0.2) is 45.7 Å². The first kappa shape index (κ1) is 19.0. The summed E-state index contributed by atoms with van der Waals surface area (Å²) in [7, 11) is -2.28. The topological polar surface area (TPSA) is 94.3 Å². The number of nitrogens with zero attached hydrogens (tertiary/aromatic N) is 2. The second-order valence-electron chi connectivity index (χ2n) is 5.89. The first-order chi connectivity index (χ1) is 12.8. The number of sulfonamides is 1. The average Bonchev–Trinajstić information content (AvgIpc) is 3.11. The Balaban J connectivity index is 1.79. The number of nitrogens with one attached hydrogen (secondary N) is 1. The van der Waals surface area contributed by atoms with Gasteiger partial charge in [0.1, 0.15) is 11.6 Å². The van der Waals surface area contributed by atoms with E-state index >= 15 is 0 Å². The Hall–Kier alpha value is -2.78. The summed E-state index contributed by atoms with van der Waals surface area (Å²) in [6.45, 7) is 3.23. The third-order valence-corrected chi connectivity index (χ3v) is 5.51. The van der Waals surface area contributed by atoms with E-state index in [4.69, 9.17) is 9.15 Å². The van der Waals surface area contributed by atoms with E-state index in [9.17, 15) is 12.8 Å². The average molecular weight is 391 g/mol. The quantitative estimate of drug-likeness (QED) is 0.694. The van der Waals surface area contributed by atoms with Crippen LogP contribution in [-0.2, 0) is 16.6 Å². The molecule has 0 amide bonds. The van der Waals surface area contributed by atoms with E-state index < -0.39 is 15.8 Å². The number of halogens is 1. The molecule has 9 heteroatoms. The van der Waals surface area contributed by atoms with Crippen LogP contribution in [-0.4, -0.2) is 25.7 Å². The van der Waals surface area contributed by atoms with Crippen molar-refractivity contribution in [2.45, 2.75) is 25.3 Å². The maximum absolute atomic E-state index is 13.8. The van der Waals surface area contributed by atoms with Crippen LogP contribution in [0.1, 0.15) is 17.0 Å². The van der Waals surface area contributed by atoms with E-state index in [1.165, 1.54) is 25.3 Å². The third-order valence-electron chi connectivity index (χ3n) is 3.97. The fourth-order valence-electron chi connectivity index (χ4n) is 2.58. The van der Waals surface area contributed by atoms with Gasteiger partial charge in [0, 0.05) is 0 Å². The highest BCUT2D eigenvalue weighted by Gasteiger charge is 2.20. The van der Waals surface area contributed by atoms with Gasteiger partial charge in [-0.1, -0.05) is 12.1 Å².